The molecule has 0 unspecified atom stereocenters. The summed E-state index contributed by atoms with van der Waals surface area (Å²) in [6, 6.07) is 6.12. The largest absolute Gasteiger partial charge is 0.480 e. The maximum atomic E-state index is 10.4. The van der Waals surface area contributed by atoms with Crippen LogP contribution in [-0.2, 0) is 11.2 Å². The summed E-state index contributed by atoms with van der Waals surface area (Å²) in [6.45, 7) is 0. The molecule has 5 heteroatoms. The van der Waals surface area contributed by atoms with Crippen molar-refractivity contribution in [3.05, 3.63) is 34.9 Å². The molecular formula is C9H11BrClNO2. The second kappa shape index (κ2) is 6.01. The van der Waals surface area contributed by atoms with Crippen molar-refractivity contribution in [2.45, 2.75) is 12.5 Å². The summed E-state index contributed by atoms with van der Waals surface area (Å²) in [6.07, 6.45) is 0.326. The van der Waals surface area contributed by atoms with E-state index in [9.17, 15) is 4.79 Å². The van der Waals surface area contributed by atoms with Gasteiger partial charge >= 0.3 is 5.97 Å². The molecule has 0 spiro atoms. The van der Waals surface area contributed by atoms with E-state index >= 15 is 0 Å². The molecule has 0 heterocycles. The van der Waals surface area contributed by atoms with Crippen molar-refractivity contribution in [1.82, 2.24) is 0 Å². The maximum Gasteiger partial charge on any atom is 0.320 e. The first-order valence-corrected chi connectivity index (χ1v) is 4.20. The summed E-state index contributed by atoms with van der Waals surface area (Å²) < 4.78 is 0. The zero-order valence-corrected chi connectivity index (χ0v) is 9.78. The van der Waals surface area contributed by atoms with E-state index in [2.05, 4.69) is 0 Å². The maximum absolute atomic E-state index is 10.4. The van der Waals surface area contributed by atoms with Gasteiger partial charge in [0.2, 0.25) is 0 Å². The van der Waals surface area contributed by atoms with Crippen molar-refractivity contribution < 1.29 is 9.90 Å². The molecule has 1 atom stereocenters. The Labute approximate surface area is 97.6 Å². The highest BCUT2D eigenvalue weighted by molar-refractivity contribution is 8.93. The van der Waals surface area contributed by atoms with Crippen LogP contribution in [0.25, 0.3) is 0 Å². The zero-order valence-electron chi connectivity index (χ0n) is 7.31. The molecule has 0 radical (unpaired) electrons. The van der Waals surface area contributed by atoms with Gasteiger partial charge in [-0.25, -0.2) is 0 Å². The number of halogens is 2. The standard InChI is InChI=1S/C9H10ClNO2.BrH/c10-7-3-1-6(2-4-7)5-8(11)9(12)13;/h1-4,8H,5,11H2,(H,12,13);1H/t8-;/m0./s1. The molecule has 3 nitrogen and oxygen atoms in total. The van der Waals surface area contributed by atoms with Gasteiger partial charge in [0.1, 0.15) is 6.04 Å². The van der Waals surface area contributed by atoms with Crippen LogP contribution >= 0.6 is 28.6 Å². The van der Waals surface area contributed by atoms with Gasteiger partial charge in [-0.05, 0) is 24.1 Å². The van der Waals surface area contributed by atoms with Crippen LogP contribution in [0.2, 0.25) is 5.02 Å². The average Bonchev–Trinajstić information content (AvgIpc) is 2.08. The van der Waals surface area contributed by atoms with Gasteiger partial charge in [-0.1, -0.05) is 23.7 Å². The number of aliphatic carboxylic acids is 1. The number of rotatable bonds is 3. The molecule has 0 aliphatic rings. The molecule has 1 aromatic carbocycles. The van der Waals surface area contributed by atoms with E-state index in [0.717, 1.165) is 5.56 Å². The lowest BCUT2D eigenvalue weighted by Gasteiger charge is -2.05. The lowest BCUT2D eigenvalue weighted by atomic mass is 10.1. The van der Waals surface area contributed by atoms with Crippen molar-refractivity contribution >= 4 is 34.6 Å². The molecule has 0 saturated heterocycles. The predicted molar refractivity (Wildman–Crippen MR) is 61.1 cm³/mol. The number of nitrogens with two attached hydrogens (primary N) is 1. The fourth-order valence-electron chi connectivity index (χ4n) is 0.962. The number of hydrogen-bond donors (Lipinski definition) is 2. The molecule has 0 bridgehead atoms. The first-order valence-electron chi connectivity index (χ1n) is 3.82. The Morgan fingerprint density at radius 3 is 2.36 bits per heavy atom. The normalized spacial score (nSPS) is 11.6. The fraction of sp³-hybridized carbons (Fsp3) is 0.222. The Balaban J connectivity index is 0.00000169. The number of benzene rings is 1. The van der Waals surface area contributed by atoms with Gasteiger partial charge in [0.05, 0.1) is 0 Å². The predicted octanol–water partition coefficient (Wildman–Crippen LogP) is 1.87. The Hall–Kier alpha value is -0.580. The van der Waals surface area contributed by atoms with E-state index in [1.165, 1.54) is 0 Å². The van der Waals surface area contributed by atoms with Gasteiger partial charge < -0.3 is 10.8 Å². The number of carboxylic acid groups (broad SMARTS) is 1. The molecule has 1 aromatic rings. The lowest BCUT2D eigenvalue weighted by Crippen LogP contribution is -2.32. The monoisotopic (exact) mass is 279 g/mol. The second-order valence-corrected chi connectivity index (χ2v) is 3.21. The van der Waals surface area contributed by atoms with E-state index in [-0.39, 0.29) is 17.0 Å². The molecule has 14 heavy (non-hydrogen) atoms. The van der Waals surface area contributed by atoms with Crippen molar-refractivity contribution in [1.29, 1.82) is 0 Å². The minimum absolute atomic E-state index is 0. The van der Waals surface area contributed by atoms with Crippen molar-refractivity contribution in [2.75, 3.05) is 0 Å². The molecule has 0 saturated carbocycles. The van der Waals surface area contributed by atoms with Crippen LogP contribution in [0.5, 0.6) is 0 Å². The minimum atomic E-state index is -0.991. The molecule has 0 fully saturated rings. The number of carbonyl (C=O) groups is 1. The molecule has 78 valence electrons. The van der Waals surface area contributed by atoms with Crippen molar-refractivity contribution in [2.24, 2.45) is 5.73 Å². The van der Waals surface area contributed by atoms with Gasteiger partial charge in [0.15, 0.2) is 0 Å². The summed E-state index contributed by atoms with van der Waals surface area (Å²) in [5.74, 6) is -0.991. The Bertz CT molecular complexity index is 302. The van der Waals surface area contributed by atoms with Crippen LogP contribution in [0.3, 0.4) is 0 Å². The molecule has 0 aliphatic carbocycles. The summed E-state index contributed by atoms with van der Waals surface area (Å²) >= 11 is 5.66. The summed E-state index contributed by atoms with van der Waals surface area (Å²) in [4.78, 5) is 10.4. The van der Waals surface area contributed by atoms with Crippen LogP contribution < -0.4 is 5.73 Å². The number of hydrogen-bond acceptors (Lipinski definition) is 2. The number of carboxylic acids is 1. The van der Waals surface area contributed by atoms with E-state index < -0.39 is 12.0 Å². The molecule has 3 N–H and O–H groups in total. The van der Waals surface area contributed by atoms with Crippen molar-refractivity contribution in [3.8, 4) is 0 Å². The highest BCUT2D eigenvalue weighted by Gasteiger charge is 2.11. The Morgan fingerprint density at radius 1 is 1.43 bits per heavy atom. The van der Waals surface area contributed by atoms with Gasteiger partial charge in [0, 0.05) is 5.02 Å². The van der Waals surface area contributed by atoms with Crippen LogP contribution in [0.1, 0.15) is 5.56 Å². The van der Waals surface area contributed by atoms with Crippen LogP contribution in [0.4, 0.5) is 0 Å². The molecule has 0 aromatic heterocycles. The van der Waals surface area contributed by atoms with Gasteiger partial charge in [0.25, 0.3) is 0 Å². The van der Waals surface area contributed by atoms with Gasteiger partial charge in [-0.15, -0.1) is 17.0 Å². The van der Waals surface area contributed by atoms with Crippen LogP contribution in [0.15, 0.2) is 24.3 Å². The topological polar surface area (TPSA) is 63.3 Å². The van der Waals surface area contributed by atoms with Gasteiger partial charge in [-0.3, -0.25) is 4.79 Å². The van der Waals surface area contributed by atoms with E-state index in [4.69, 9.17) is 22.4 Å². The minimum Gasteiger partial charge on any atom is -0.480 e. The zero-order chi connectivity index (χ0) is 9.84. The van der Waals surface area contributed by atoms with Crippen LogP contribution in [-0.4, -0.2) is 17.1 Å². The van der Waals surface area contributed by atoms with Gasteiger partial charge in [-0.2, -0.15) is 0 Å². The van der Waals surface area contributed by atoms with Crippen LogP contribution in [0, 0.1) is 0 Å². The van der Waals surface area contributed by atoms with Crippen molar-refractivity contribution in [3.63, 3.8) is 0 Å². The summed E-state index contributed by atoms with van der Waals surface area (Å²) in [5, 5.41) is 9.18. The van der Waals surface area contributed by atoms with E-state index in [1.807, 2.05) is 0 Å². The SMILES string of the molecule is Br.N[C@@H](Cc1ccc(Cl)cc1)C(=O)O. The molecule has 0 aliphatic heterocycles. The van der Waals surface area contributed by atoms with E-state index in [1.54, 1.807) is 24.3 Å². The Kier molecular flexibility index (Phi) is 5.76. The first-order chi connectivity index (χ1) is 6.09. The third kappa shape index (κ3) is 4.09. The molecule has 0 amide bonds. The highest BCUT2D eigenvalue weighted by Crippen LogP contribution is 2.10. The second-order valence-electron chi connectivity index (χ2n) is 2.78. The summed E-state index contributed by atoms with van der Waals surface area (Å²) in [5.41, 5.74) is 6.23. The molecule has 1 rings (SSSR count). The highest BCUT2D eigenvalue weighted by atomic mass is 79.9. The third-order valence-corrected chi connectivity index (χ3v) is 1.94. The molecular weight excluding hydrogens is 269 g/mol. The Morgan fingerprint density at radius 2 is 1.93 bits per heavy atom. The lowest BCUT2D eigenvalue weighted by molar-refractivity contribution is -0.138. The summed E-state index contributed by atoms with van der Waals surface area (Å²) in [7, 11) is 0. The van der Waals surface area contributed by atoms with E-state index in [0.29, 0.717) is 11.4 Å². The average molecular weight is 281 g/mol. The third-order valence-electron chi connectivity index (χ3n) is 1.69. The smallest absolute Gasteiger partial charge is 0.320 e. The fourth-order valence-corrected chi connectivity index (χ4v) is 1.09. The quantitative estimate of drug-likeness (QED) is 0.888. The first kappa shape index (κ1) is 13.4.